The maximum absolute atomic E-state index is 2.43. The Morgan fingerprint density at radius 2 is 1.10 bits per heavy atom. The molecule has 0 N–H and O–H groups in total. The molecule has 5 aromatic carbocycles. The zero-order chi connectivity index (χ0) is 18.9. The van der Waals surface area contributed by atoms with Gasteiger partial charge < -0.3 is 0 Å². The topological polar surface area (TPSA) is 3.88 Å². The molecule has 1 aromatic heterocycles. The molecule has 7 rings (SSSR count). The minimum Gasteiger partial charge on any atom is -0.193 e. The van der Waals surface area contributed by atoms with E-state index in [1.54, 1.807) is 0 Å². The van der Waals surface area contributed by atoms with Crippen molar-refractivity contribution < 1.29 is 4.57 Å². The van der Waals surface area contributed by atoms with Crippen LogP contribution in [0.2, 0.25) is 0 Å². The Bertz CT molecular complexity index is 1630. The molecule has 29 heavy (non-hydrogen) atoms. The van der Waals surface area contributed by atoms with E-state index in [4.69, 9.17) is 0 Å². The summed E-state index contributed by atoms with van der Waals surface area (Å²) in [6, 6.07) is 33.3. The van der Waals surface area contributed by atoms with E-state index in [1.165, 1.54) is 59.9 Å². The van der Waals surface area contributed by atoms with Gasteiger partial charge in [-0.05, 0) is 32.3 Å². The van der Waals surface area contributed by atoms with Gasteiger partial charge in [0, 0.05) is 17.0 Å². The summed E-state index contributed by atoms with van der Waals surface area (Å²) in [6.07, 6.45) is 2.37. The molecule has 0 bridgehead atoms. The van der Waals surface area contributed by atoms with Crippen LogP contribution in [0.5, 0.6) is 0 Å². The van der Waals surface area contributed by atoms with E-state index >= 15 is 0 Å². The quantitative estimate of drug-likeness (QED) is 0.209. The third-order valence-electron chi connectivity index (χ3n) is 6.50. The fraction of sp³-hybridized carbons (Fsp3) is 0.0357. The van der Waals surface area contributed by atoms with Crippen LogP contribution in [0.3, 0.4) is 0 Å². The van der Waals surface area contributed by atoms with E-state index in [0.29, 0.717) is 0 Å². The smallest absolute Gasteiger partial charge is 0.193 e. The Labute approximate surface area is 168 Å². The highest BCUT2D eigenvalue weighted by Crippen LogP contribution is 2.39. The fourth-order valence-corrected chi connectivity index (χ4v) is 5.22. The van der Waals surface area contributed by atoms with Crippen molar-refractivity contribution in [2.75, 3.05) is 0 Å². The molecule has 0 spiro atoms. The van der Waals surface area contributed by atoms with Gasteiger partial charge in [-0.15, -0.1) is 0 Å². The van der Waals surface area contributed by atoms with Gasteiger partial charge in [-0.3, -0.25) is 0 Å². The van der Waals surface area contributed by atoms with E-state index in [2.05, 4.69) is 102 Å². The van der Waals surface area contributed by atoms with E-state index in [-0.39, 0.29) is 0 Å². The van der Waals surface area contributed by atoms with Crippen molar-refractivity contribution in [3.8, 4) is 11.3 Å². The molecule has 0 atom stereocenters. The van der Waals surface area contributed by atoms with E-state index in [0.717, 1.165) is 6.54 Å². The molecule has 1 aliphatic heterocycles. The summed E-state index contributed by atoms with van der Waals surface area (Å²) in [4.78, 5) is 0. The number of hydrogen-bond donors (Lipinski definition) is 0. The second kappa shape index (κ2) is 5.42. The molecule has 1 nitrogen and oxygen atoms in total. The van der Waals surface area contributed by atoms with Crippen molar-refractivity contribution in [2.45, 2.75) is 6.54 Å². The molecule has 0 amide bonds. The van der Waals surface area contributed by atoms with E-state index < -0.39 is 0 Å². The molecule has 1 aliphatic rings. The van der Waals surface area contributed by atoms with Crippen LogP contribution in [-0.2, 0) is 6.54 Å². The lowest BCUT2D eigenvalue weighted by atomic mass is 9.93. The Kier molecular flexibility index (Phi) is 2.85. The number of pyridine rings is 1. The highest BCUT2D eigenvalue weighted by atomic mass is 15.0. The van der Waals surface area contributed by atoms with Crippen LogP contribution in [0, 0.1) is 0 Å². The molecular formula is C28H18N+. The first-order valence-electron chi connectivity index (χ1n) is 10.2. The van der Waals surface area contributed by atoms with Crippen molar-refractivity contribution >= 4 is 43.1 Å². The van der Waals surface area contributed by atoms with Crippen LogP contribution >= 0.6 is 0 Å². The Balaban J connectivity index is 1.69. The summed E-state index contributed by atoms with van der Waals surface area (Å²) < 4.78 is 2.43. The summed E-state index contributed by atoms with van der Waals surface area (Å²) in [5.74, 6) is 0. The standard InChI is InChI=1S/C28H18N/c1-2-8-20-18(7-1)13-14-19-16-29-17-26-24-12-6-4-10-22(24)21-9-3-5-11-23(21)25(26)15-27(29)28(19)20/h1-15,17H,16H2/q+1. The molecule has 0 fully saturated rings. The van der Waals surface area contributed by atoms with Crippen LogP contribution < -0.4 is 4.57 Å². The third-order valence-corrected chi connectivity index (χ3v) is 6.50. The zero-order valence-corrected chi connectivity index (χ0v) is 15.9. The first-order valence-corrected chi connectivity index (χ1v) is 10.2. The molecule has 2 heterocycles. The van der Waals surface area contributed by atoms with Gasteiger partial charge in [-0.2, -0.15) is 4.57 Å². The molecule has 0 radical (unpaired) electrons. The van der Waals surface area contributed by atoms with Crippen LogP contribution in [0.1, 0.15) is 5.56 Å². The van der Waals surface area contributed by atoms with Gasteiger partial charge in [0.15, 0.2) is 12.7 Å². The Hall–Kier alpha value is -3.71. The van der Waals surface area contributed by atoms with Gasteiger partial charge in [0.25, 0.3) is 0 Å². The molecule has 6 aromatic rings. The number of aromatic nitrogens is 1. The minimum absolute atomic E-state index is 0.937. The first-order chi connectivity index (χ1) is 14.4. The molecule has 0 saturated carbocycles. The maximum atomic E-state index is 2.43. The third kappa shape index (κ3) is 1.97. The number of fused-ring (bicyclic) bond motifs is 11. The Morgan fingerprint density at radius 3 is 1.83 bits per heavy atom. The average molecular weight is 368 g/mol. The predicted molar refractivity (Wildman–Crippen MR) is 121 cm³/mol. The number of benzene rings is 5. The lowest BCUT2D eigenvalue weighted by Gasteiger charge is -2.10. The van der Waals surface area contributed by atoms with Gasteiger partial charge in [-0.25, -0.2) is 0 Å². The van der Waals surface area contributed by atoms with Gasteiger partial charge in [0.1, 0.15) is 0 Å². The lowest BCUT2D eigenvalue weighted by Crippen LogP contribution is -2.31. The van der Waals surface area contributed by atoms with Gasteiger partial charge >= 0.3 is 0 Å². The predicted octanol–water partition coefficient (Wildman–Crippen LogP) is 6.62. The molecule has 0 saturated heterocycles. The van der Waals surface area contributed by atoms with Gasteiger partial charge in [0.05, 0.1) is 10.9 Å². The van der Waals surface area contributed by atoms with Crippen molar-refractivity contribution in [3.63, 3.8) is 0 Å². The molecule has 0 unspecified atom stereocenters. The normalized spacial score (nSPS) is 12.7. The number of nitrogens with zero attached hydrogens (tertiary/aromatic N) is 1. The first kappa shape index (κ1) is 15.2. The number of rotatable bonds is 0. The fourth-order valence-electron chi connectivity index (χ4n) is 5.22. The minimum atomic E-state index is 0.937. The highest BCUT2D eigenvalue weighted by molar-refractivity contribution is 6.25. The largest absolute Gasteiger partial charge is 0.214 e. The molecule has 0 aliphatic carbocycles. The van der Waals surface area contributed by atoms with Crippen molar-refractivity contribution in [2.24, 2.45) is 0 Å². The molecule has 134 valence electrons. The molecular weight excluding hydrogens is 350 g/mol. The van der Waals surface area contributed by atoms with E-state index in [1.807, 2.05) is 0 Å². The molecule has 1 heteroatoms. The van der Waals surface area contributed by atoms with E-state index in [9.17, 15) is 0 Å². The van der Waals surface area contributed by atoms with Crippen molar-refractivity contribution in [3.05, 3.63) is 103 Å². The van der Waals surface area contributed by atoms with Gasteiger partial charge in [-0.1, -0.05) is 84.9 Å². The summed E-state index contributed by atoms with van der Waals surface area (Å²) in [7, 11) is 0. The maximum Gasteiger partial charge on any atom is 0.214 e. The summed E-state index contributed by atoms with van der Waals surface area (Å²) >= 11 is 0. The summed E-state index contributed by atoms with van der Waals surface area (Å²) in [5, 5.41) is 10.7. The Morgan fingerprint density at radius 1 is 0.517 bits per heavy atom. The SMILES string of the molecule is c1ccc2c3c(ccc2c1)C[n+]1cc2c4ccccc4c4ccccc4c2cc1-3. The summed E-state index contributed by atoms with van der Waals surface area (Å²) in [5.41, 5.74) is 4.12. The van der Waals surface area contributed by atoms with Crippen LogP contribution in [-0.4, -0.2) is 0 Å². The second-order valence-electron chi connectivity index (χ2n) is 8.03. The van der Waals surface area contributed by atoms with Crippen molar-refractivity contribution in [1.82, 2.24) is 0 Å². The van der Waals surface area contributed by atoms with Crippen LogP contribution in [0.15, 0.2) is 97.2 Å². The zero-order valence-electron chi connectivity index (χ0n) is 15.9. The van der Waals surface area contributed by atoms with Crippen molar-refractivity contribution in [1.29, 1.82) is 0 Å². The van der Waals surface area contributed by atoms with Gasteiger partial charge in [0.2, 0.25) is 5.69 Å². The highest BCUT2D eigenvalue weighted by Gasteiger charge is 2.29. The number of hydrogen-bond acceptors (Lipinski definition) is 0. The second-order valence-corrected chi connectivity index (χ2v) is 8.03. The lowest BCUT2D eigenvalue weighted by molar-refractivity contribution is -0.670. The summed E-state index contributed by atoms with van der Waals surface area (Å²) in [6.45, 7) is 0.937. The average Bonchev–Trinajstić information content (AvgIpc) is 3.16. The van der Waals surface area contributed by atoms with Crippen LogP contribution in [0.4, 0.5) is 0 Å². The monoisotopic (exact) mass is 368 g/mol. The van der Waals surface area contributed by atoms with Crippen LogP contribution in [0.25, 0.3) is 54.3 Å².